The van der Waals surface area contributed by atoms with Crippen LogP contribution in [0, 0.1) is 0 Å². The van der Waals surface area contributed by atoms with Gasteiger partial charge in [-0.1, -0.05) is 24.3 Å². The molecule has 0 N–H and O–H groups in total. The molecule has 1 aromatic carbocycles. The molecule has 4 aromatic rings. The van der Waals surface area contributed by atoms with Crippen LogP contribution in [0.5, 0.6) is 0 Å². The summed E-state index contributed by atoms with van der Waals surface area (Å²) in [4.78, 5) is 23.4. The Kier molecular flexibility index (Phi) is 4.48. The highest BCUT2D eigenvalue weighted by molar-refractivity contribution is 5.80. The van der Waals surface area contributed by atoms with Gasteiger partial charge in [-0.25, -0.2) is 9.97 Å². The van der Waals surface area contributed by atoms with E-state index in [-0.39, 0.29) is 0 Å². The Hall–Kier alpha value is -3.54. The Morgan fingerprint density at radius 3 is 2.55 bits per heavy atom. The number of rotatable bonds is 4. The van der Waals surface area contributed by atoms with Gasteiger partial charge in [-0.3, -0.25) is 9.97 Å². The van der Waals surface area contributed by atoms with E-state index in [0.29, 0.717) is 11.8 Å². The predicted octanol–water partition coefficient (Wildman–Crippen LogP) is 4.02. The monoisotopic (exact) mass is 408 g/mol. The summed E-state index contributed by atoms with van der Waals surface area (Å²) >= 11 is 0. The van der Waals surface area contributed by atoms with E-state index in [2.05, 4.69) is 51.2 Å². The van der Waals surface area contributed by atoms with Crippen LogP contribution in [0.4, 0.5) is 11.6 Å². The van der Waals surface area contributed by atoms with Gasteiger partial charge in [0, 0.05) is 68.2 Å². The summed E-state index contributed by atoms with van der Waals surface area (Å²) in [5.74, 6) is 2.97. The Balaban J connectivity index is 1.18. The molecule has 0 amide bonds. The van der Waals surface area contributed by atoms with E-state index in [0.717, 1.165) is 55.4 Å². The minimum absolute atomic E-state index is 0.384. The van der Waals surface area contributed by atoms with Crippen LogP contribution >= 0.6 is 0 Å². The van der Waals surface area contributed by atoms with Gasteiger partial charge in [0.05, 0.1) is 11.2 Å². The van der Waals surface area contributed by atoms with Gasteiger partial charge in [0.25, 0.3) is 0 Å². The molecular formula is C25H24N6. The number of aromatic nitrogens is 4. The van der Waals surface area contributed by atoms with Crippen LogP contribution < -0.4 is 9.80 Å². The van der Waals surface area contributed by atoms with Gasteiger partial charge in [0.15, 0.2) is 5.82 Å². The van der Waals surface area contributed by atoms with Gasteiger partial charge in [0.1, 0.15) is 5.82 Å². The number of hydrogen-bond donors (Lipinski definition) is 0. The van der Waals surface area contributed by atoms with Gasteiger partial charge in [0.2, 0.25) is 0 Å². The number of para-hydroxylation sites is 1. The Morgan fingerprint density at radius 2 is 1.65 bits per heavy atom. The van der Waals surface area contributed by atoms with Crippen molar-refractivity contribution in [2.75, 3.05) is 36.0 Å². The van der Waals surface area contributed by atoms with Crippen molar-refractivity contribution >= 4 is 22.5 Å². The normalized spacial score (nSPS) is 19.0. The third-order valence-electron chi connectivity index (χ3n) is 6.53. The fourth-order valence-corrected chi connectivity index (χ4v) is 4.79. The van der Waals surface area contributed by atoms with Crippen LogP contribution in [0.15, 0.2) is 73.3 Å². The second-order valence-corrected chi connectivity index (χ2v) is 8.45. The molecule has 0 bridgehead atoms. The molecule has 5 heterocycles. The molecule has 2 aliphatic heterocycles. The van der Waals surface area contributed by atoms with E-state index in [1.54, 1.807) is 0 Å². The molecule has 6 rings (SSSR count). The molecule has 0 aliphatic carbocycles. The minimum Gasteiger partial charge on any atom is -0.355 e. The molecule has 0 unspecified atom stereocenters. The quantitative estimate of drug-likeness (QED) is 0.508. The fourth-order valence-electron chi connectivity index (χ4n) is 4.79. The average Bonchev–Trinajstić information content (AvgIpc) is 3.29. The van der Waals surface area contributed by atoms with Crippen molar-refractivity contribution in [2.45, 2.75) is 18.3 Å². The van der Waals surface area contributed by atoms with Crippen molar-refractivity contribution in [3.63, 3.8) is 0 Å². The maximum atomic E-state index is 4.84. The summed E-state index contributed by atoms with van der Waals surface area (Å²) < 4.78 is 0. The Bertz CT molecular complexity index is 1200. The molecule has 3 aromatic heterocycles. The summed E-state index contributed by atoms with van der Waals surface area (Å²) in [7, 11) is 0. The molecule has 1 atom stereocenters. The molecule has 2 fully saturated rings. The van der Waals surface area contributed by atoms with Crippen LogP contribution in [-0.4, -0.2) is 46.1 Å². The number of pyridine rings is 2. The highest BCUT2D eigenvalue weighted by atomic mass is 15.3. The predicted molar refractivity (Wildman–Crippen MR) is 123 cm³/mol. The van der Waals surface area contributed by atoms with E-state index >= 15 is 0 Å². The lowest BCUT2D eigenvalue weighted by Gasteiger charge is -2.40. The molecule has 6 heteroatoms. The van der Waals surface area contributed by atoms with Crippen LogP contribution in [0.2, 0.25) is 0 Å². The van der Waals surface area contributed by atoms with Crippen LogP contribution in [0.25, 0.3) is 10.9 Å². The topological polar surface area (TPSA) is 58.0 Å². The van der Waals surface area contributed by atoms with Crippen molar-refractivity contribution in [2.24, 2.45) is 0 Å². The first-order valence-electron chi connectivity index (χ1n) is 10.9. The zero-order valence-corrected chi connectivity index (χ0v) is 17.3. The zero-order chi connectivity index (χ0) is 20.6. The Labute approximate surface area is 181 Å². The lowest BCUT2D eigenvalue weighted by molar-refractivity contribution is 0.507. The zero-order valence-electron chi connectivity index (χ0n) is 17.3. The van der Waals surface area contributed by atoms with Gasteiger partial charge in [-0.05, 0) is 36.2 Å². The molecule has 31 heavy (non-hydrogen) atoms. The van der Waals surface area contributed by atoms with Crippen molar-refractivity contribution in [1.82, 2.24) is 19.9 Å². The summed E-state index contributed by atoms with van der Waals surface area (Å²) in [6, 6.07) is 16.7. The third-order valence-corrected chi connectivity index (χ3v) is 6.53. The van der Waals surface area contributed by atoms with Crippen molar-refractivity contribution < 1.29 is 0 Å². The molecule has 2 saturated heterocycles. The first-order chi connectivity index (χ1) is 15.3. The number of hydrogen-bond acceptors (Lipinski definition) is 6. The van der Waals surface area contributed by atoms with E-state index in [4.69, 9.17) is 15.0 Å². The van der Waals surface area contributed by atoms with Gasteiger partial charge in [-0.15, -0.1) is 0 Å². The first kappa shape index (κ1) is 18.2. The van der Waals surface area contributed by atoms with E-state index in [1.807, 2.05) is 36.9 Å². The van der Waals surface area contributed by atoms with Gasteiger partial charge in [-0.2, -0.15) is 0 Å². The summed E-state index contributed by atoms with van der Waals surface area (Å²) in [6.45, 7) is 3.84. The highest BCUT2D eigenvalue weighted by Gasteiger charge is 2.35. The fraction of sp³-hybridized carbons (Fsp3) is 0.280. The van der Waals surface area contributed by atoms with E-state index < -0.39 is 0 Å². The van der Waals surface area contributed by atoms with Crippen LogP contribution in [0.1, 0.15) is 29.5 Å². The maximum Gasteiger partial charge on any atom is 0.150 e. The van der Waals surface area contributed by atoms with Crippen molar-refractivity contribution in [1.29, 1.82) is 0 Å². The number of fused-ring (bicyclic) bond motifs is 1. The summed E-state index contributed by atoms with van der Waals surface area (Å²) in [5, 5.41) is 1.18. The van der Waals surface area contributed by atoms with Crippen molar-refractivity contribution in [3.05, 3.63) is 84.6 Å². The largest absolute Gasteiger partial charge is 0.355 e. The third kappa shape index (κ3) is 3.38. The molecule has 0 radical (unpaired) electrons. The number of anilines is 2. The maximum absolute atomic E-state index is 4.84. The minimum atomic E-state index is 0.384. The van der Waals surface area contributed by atoms with Gasteiger partial charge >= 0.3 is 0 Å². The molecule has 6 nitrogen and oxygen atoms in total. The van der Waals surface area contributed by atoms with Crippen LogP contribution in [0.3, 0.4) is 0 Å². The molecule has 0 saturated carbocycles. The Morgan fingerprint density at radius 1 is 0.774 bits per heavy atom. The highest BCUT2D eigenvalue weighted by Crippen LogP contribution is 2.37. The number of benzene rings is 1. The van der Waals surface area contributed by atoms with E-state index in [1.165, 1.54) is 10.9 Å². The number of nitrogens with zero attached hydrogens (tertiary/aromatic N) is 6. The SMILES string of the molecule is c1cncc([C@@H]2CCN(c3nccnc3C3CN(c4ccc5ccccc5n4)C3)C2)c1. The first-order valence-corrected chi connectivity index (χ1v) is 10.9. The lowest BCUT2D eigenvalue weighted by atomic mass is 9.95. The second-order valence-electron chi connectivity index (χ2n) is 8.45. The molecule has 0 spiro atoms. The molecule has 2 aliphatic rings. The second kappa shape index (κ2) is 7.61. The molecule has 154 valence electrons. The molecular weight excluding hydrogens is 384 g/mol. The van der Waals surface area contributed by atoms with Crippen molar-refractivity contribution in [3.8, 4) is 0 Å². The smallest absolute Gasteiger partial charge is 0.150 e. The summed E-state index contributed by atoms with van der Waals surface area (Å²) in [5.41, 5.74) is 3.47. The van der Waals surface area contributed by atoms with Gasteiger partial charge < -0.3 is 9.80 Å². The van der Waals surface area contributed by atoms with E-state index in [9.17, 15) is 0 Å². The van der Waals surface area contributed by atoms with Crippen LogP contribution in [-0.2, 0) is 0 Å². The average molecular weight is 409 g/mol. The lowest BCUT2D eigenvalue weighted by Crippen LogP contribution is -2.46. The standard InChI is InChI=1S/C25H24N6/c1-2-6-22-18(4-1)7-8-23(29-22)31-16-21(17-31)24-25(28-12-11-27-24)30-13-9-20(15-30)19-5-3-10-26-14-19/h1-8,10-12,14,20-21H,9,13,15-17H2/t20-/m1/s1. The summed E-state index contributed by atoms with van der Waals surface area (Å²) in [6.07, 6.45) is 8.59.